The third kappa shape index (κ3) is 3.35. The maximum Gasteiger partial charge on any atom is 0.139 e. The van der Waals surface area contributed by atoms with E-state index >= 15 is 0 Å². The monoisotopic (exact) mass is 342 g/mol. The van der Waals surface area contributed by atoms with Crippen LogP contribution in [0.25, 0.3) is 22.2 Å². The molecule has 0 spiro atoms. The Morgan fingerprint density at radius 2 is 1.88 bits per heavy atom. The average molecular weight is 342 g/mol. The number of rotatable bonds is 4. The van der Waals surface area contributed by atoms with Crippen molar-refractivity contribution in [2.75, 3.05) is 25.0 Å². The lowest BCUT2D eigenvalue weighted by atomic mass is 9.98. The van der Waals surface area contributed by atoms with Gasteiger partial charge in [0.1, 0.15) is 17.3 Å². The molecule has 3 N–H and O–H groups in total. The van der Waals surface area contributed by atoms with E-state index in [1.807, 2.05) is 6.07 Å². The standard InChI is InChI=1S/C19H20F2N4/c20-14-7-13(8-15(21)9-14)16-11-25-19-18(16)17(3-6-23-19)24-10-12-1-4-22-5-2-12/h3,6-9,11-12,22H,1-2,4-5,10H2,(H2,23,24,25). The minimum atomic E-state index is -0.586. The number of nitrogens with zero attached hydrogens (tertiary/aromatic N) is 1. The van der Waals surface area contributed by atoms with Crippen LogP contribution in [0, 0.1) is 17.6 Å². The van der Waals surface area contributed by atoms with Crippen molar-refractivity contribution >= 4 is 16.7 Å². The maximum absolute atomic E-state index is 13.6. The van der Waals surface area contributed by atoms with Crippen molar-refractivity contribution in [3.8, 4) is 11.1 Å². The zero-order chi connectivity index (χ0) is 17.2. The van der Waals surface area contributed by atoms with Gasteiger partial charge in [-0.3, -0.25) is 0 Å². The Kier molecular flexibility index (Phi) is 4.36. The largest absolute Gasteiger partial charge is 0.384 e. The van der Waals surface area contributed by atoms with Crippen LogP contribution in [0.5, 0.6) is 0 Å². The van der Waals surface area contributed by atoms with Crippen LogP contribution in [0.3, 0.4) is 0 Å². The lowest BCUT2D eigenvalue weighted by molar-refractivity contribution is 0.390. The summed E-state index contributed by atoms with van der Waals surface area (Å²) in [4.78, 5) is 7.43. The van der Waals surface area contributed by atoms with Gasteiger partial charge in [0.05, 0.1) is 0 Å². The van der Waals surface area contributed by atoms with Crippen molar-refractivity contribution < 1.29 is 8.78 Å². The third-order valence-corrected chi connectivity index (χ3v) is 4.79. The van der Waals surface area contributed by atoms with E-state index in [4.69, 9.17) is 0 Å². The zero-order valence-electron chi connectivity index (χ0n) is 13.8. The maximum atomic E-state index is 13.6. The number of aromatic amines is 1. The third-order valence-electron chi connectivity index (χ3n) is 4.79. The minimum absolute atomic E-state index is 0.502. The van der Waals surface area contributed by atoms with Crippen molar-refractivity contribution in [3.63, 3.8) is 0 Å². The first kappa shape index (κ1) is 16.0. The summed E-state index contributed by atoms with van der Waals surface area (Å²) in [6.07, 6.45) is 5.79. The first-order valence-corrected chi connectivity index (χ1v) is 8.58. The molecule has 1 saturated heterocycles. The van der Waals surface area contributed by atoms with Gasteiger partial charge in [0.25, 0.3) is 0 Å². The Balaban J connectivity index is 1.69. The van der Waals surface area contributed by atoms with Crippen LogP contribution in [0.4, 0.5) is 14.5 Å². The van der Waals surface area contributed by atoms with Gasteiger partial charge in [-0.2, -0.15) is 0 Å². The summed E-state index contributed by atoms with van der Waals surface area (Å²) in [5.74, 6) is -0.548. The molecule has 0 amide bonds. The fourth-order valence-corrected chi connectivity index (χ4v) is 3.48. The van der Waals surface area contributed by atoms with Crippen LogP contribution < -0.4 is 10.6 Å². The summed E-state index contributed by atoms with van der Waals surface area (Å²) < 4.78 is 27.2. The topological polar surface area (TPSA) is 52.7 Å². The number of aromatic nitrogens is 2. The molecule has 130 valence electrons. The van der Waals surface area contributed by atoms with Crippen molar-refractivity contribution in [1.29, 1.82) is 0 Å². The summed E-state index contributed by atoms with van der Waals surface area (Å²) in [5.41, 5.74) is 2.88. The fourth-order valence-electron chi connectivity index (χ4n) is 3.48. The number of benzene rings is 1. The highest BCUT2D eigenvalue weighted by molar-refractivity contribution is 6.02. The molecule has 25 heavy (non-hydrogen) atoms. The van der Waals surface area contributed by atoms with E-state index in [-0.39, 0.29) is 0 Å². The van der Waals surface area contributed by atoms with Crippen LogP contribution in [-0.2, 0) is 0 Å². The van der Waals surface area contributed by atoms with E-state index in [0.29, 0.717) is 17.1 Å². The van der Waals surface area contributed by atoms with Gasteiger partial charge in [-0.15, -0.1) is 0 Å². The Bertz CT molecular complexity index is 864. The molecule has 0 saturated carbocycles. The summed E-state index contributed by atoms with van der Waals surface area (Å²) in [7, 11) is 0. The van der Waals surface area contributed by atoms with Crippen LogP contribution >= 0.6 is 0 Å². The van der Waals surface area contributed by atoms with Gasteiger partial charge in [-0.1, -0.05) is 0 Å². The zero-order valence-corrected chi connectivity index (χ0v) is 13.8. The molecule has 1 aromatic carbocycles. The highest BCUT2D eigenvalue weighted by Gasteiger charge is 2.16. The Labute approximate surface area is 144 Å². The van der Waals surface area contributed by atoms with E-state index in [1.54, 1.807) is 12.4 Å². The van der Waals surface area contributed by atoms with Gasteiger partial charge < -0.3 is 15.6 Å². The van der Waals surface area contributed by atoms with E-state index in [2.05, 4.69) is 20.6 Å². The molecule has 4 rings (SSSR count). The van der Waals surface area contributed by atoms with Gasteiger partial charge in [-0.05, 0) is 55.6 Å². The van der Waals surface area contributed by atoms with Crippen LogP contribution in [0.15, 0.2) is 36.7 Å². The SMILES string of the molecule is Fc1cc(F)cc(-c2c[nH]c3nccc(NCC4CCNCC4)c23)c1. The number of hydrogen-bond acceptors (Lipinski definition) is 3. The van der Waals surface area contributed by atoms with E-state index in [9.17, 15) is 8.78 Å². The van der Waals surface area contributed by atoms with Crippen LogP contribution in [-0.4, -0.2) is 29.6 Å². The van der Waals surface area contributed by atoms with Gasteiger partial charge in [0.15, 0.2) is 0 Å². The Hall–Kier alpha value is -2.47. The van der Waals surface area contributed by atoms with Gasteiger partial charge in [-0.25, -0.2) is 13.8 Å². The van der Waals surface area contributed by atoms with Crippen molar-refractivity contribution in [3.05, 3.63) is 48.3 Å². The summed E-state index contributed by atoms with van der Waals surface area (Å²) in [5, 5.41) is 7.74. The van der Waals surface area contributed by atoms with Crippen molar-refractivity contribution in [1.82, 2.24) is 15.3 Å². The second-order valence-corrected chi connectivity index (χ2v) is 6.52. The normalized spacial score (nSPS) is 15.6. The molecule has 2 aromatic heterocycles. The van der Waals surface area contributed by atoms with E-state index < -0.39 is 11.6 Å². The Morgan fingerprint density at radius 3 is 2.64 bits per heavy atom. The van der Waals surface area contributed by atoms with Crippen molar-refractivity contribution in [2.24, 2.45) is 5.92 Å². The molecule has 1 fully saturated rings. The molecule has 1 aliphatic rings. The second-order valence-electron chi connectivity index (χ2n) is 6.52. The first-order valence-electron chi connectivity index (χ1n) is 8.58. The molecular formula is C19H20F2N4. The molecule has 1 aliphatic heterocycles. The molecule has 0 aliphatic carbocycles. The average Bonchev–Trinajstić information content (AvgIpc) is 3.05. The van der Waals surface area contributed by atoms with Gasteiger partial charge in [0, 0.05) is 41.6 Å². The minimum Gasteiger partial charge on any atom is -0.384 e. The molecule has 6 heteroatoms. The number of halogens is 2. The molecule has 3 aromatic rings. The lowest BCUT2D eigenvalue weighted by Crippen LogP contribution is -2.31. The van der Waals surface area contributed by atoms with E-state index in [1.165, 1.54) is 12.1 Å². The molecule has 0 radical (unpaired) electrons. The molecule has 0 bridgehead atoms. The molecule has 4 nitrogen and oxygen atoms in total. The number of H-pyrrole nitrogens is 1. The highest BCUT2D eigenvalue weighted by atomic mass is 19.1. The molecular weight excluding hydrogens is 322 g/mol. The Morgan fingerprint density at radius 1 is 1.12 bits per heavy atom. The number of nitrogens with one attached hydrogen (secondary N) is 3. The lowest BCUT2D eigenvalue weighted by Gasteiger charge is -2.23. The predicted molar refractivity (Wildman–Crippen MR) is 95.5 cm³/mol. The van der Waals surface area contributed by atoms with Crippen LogP contribution in [0.2, 0.25) is 0 Å². The van der Waals surface area contributed by atoms with E-state index in [0.717, 1.165) is 55.2 Å². The quantitative estimate of drug-likeness (QED) is 0.674. The summed E-state index contributed by atoms with van der Waals surface area (Å²) in [6, 6.07) is 5.48. The smallest absolute Gasteiger partial charge is 0.139 e. The van der Waals surface area contributed by atoms with Gasteiger partial charge in [0.2, 0.25) is 0 Å². The number of hydrogen-bond donors (Lipinski definition) is 3. The number of piperidine rings is 1. The summed E-state index contributed by atoms with van der Waals surface area (Å²) >= 11 is 0. The molecule has 3 heterocycles. The number of pyridine rings is 1. The number of anilines is 1. The second kappa shape index (κ2) is 6.80. The molecule has 0 atom stereocenters. The van der Waals surface area contributed by atoms with Crippen LogP contribution in [0.1, 0.15) is 12.8 Å². The first-order chi connectivity index (χ1) is 12.2. The van der Waals surface area contributed by atoms with Gasteiger partial charge >= 0.3 is 0 Å². The summed E-state index contributed by atoms with van der Waals surface area (Å²) in [6.45, 7) is 2.98. The molecule has 0 unspecified atom stereocenters. The number of fused-ring (bicyclic) bond motifs is 1. The predicted octanol–water partition coefficient (Wildman–Crippen LogP) is 3.92. The highest BCUT2D eigenvalue weighted by Crippen LogP contribution is 2.34. The fraction of sp³-hybridized carbons (Fsp3) is 0.316. The van der Waals surface area contributed by atoms with Crippen molar-refractivity contribution in [2.45, 2.75) is 12.8 Å².